The van der Waals surface area contributed by atoms with E-state index in [2.05, 4.69) is 6.92 Å². The highest BCUT2D eigenvalue weighted by atomic mass is 16.5. The number of esters is 1. The monoisotopic (exact) mass is 278 g/mol. The highest BCUT2D eigenvalue weighted by Gasteiger charge is 2.64. The standard InChI is InChI=1S/C16H22O4/c1-9-4-5-15-7-12(14(18)20-3)16(19,8-11(9)15)13(17)6-10(15)2/h6,9,11-12,19H,4-5,7-8H2,1-3H3/t9-,11-,12+,15-,16-/m0/s1. The number of carbonyl (C=O) groups excluding carboxylic acids is 2. The summed E-state index contributed by atoms with van der Waals surface area (Å²) in [7, 11) is 1.32. The summed E-state index contributed by atoms with van der Waals surface area (Å²) in [5, 5.41) is 10.9. The number of rotatable bonds is 1. The van der Waals surface area contributed by atoms with E-state index in [1.807, 2.05) is 6.92 Å². The first-order valence-electron chi connectivity index (χ1n) is 7.38. The maximum atomic E-state index is 12.4. The van der Waals surface area contributed by atoms with E-state index in [9.17, 15) is 14.7 Å². The van der Waals surface area contributed by atoms with E-state index in [-0.39, 0.29) is 17.1 Å². The fourth-order valence-corrected chi connectivity index (χ4v) is 4.89. The fourth-order valence-electron chi connectivity index (χ4n) is 4.89. The van der Waals surface area contributed by atoms with E-state index in [0.29, 0.717) is 18.8 Å². The number of hydrogen-bond donors (Lipinski definition) is 1. The van der Waals surface area contributed by atoms with E-state index in [4.69, 9.17) is 4.74 Å². The van der Waals surface area contributed by atoms with Gasteiger partial charge in [-0.05, 0) is 55.9 Å². The Labute approximate surface area is 119 Å². The normalized spacial score (nSPS) is 46.7. The van der Waals surface area contributed by atoms with Crippen molar-refractivity contribution in [2.24, 2.45) is 23.2 Å². The van der Waals surface area contributed by atoms with Crippen molar-refractivity contribution in [1.29, 1.82) is 0 Å². The first-order valence-corrected chi connectivity index (χ1v) is 7.38. The Kier molecular flexibility index (Phi) is 2.88. The van der Waals surface area contributed by atoms with Crippen LogP contribution >= 0.6 is 0 Å². The van der Waals surface area contributed by atoms with Crippen molar-refractivity contribution in [3.05, 3.63) is 11.6 Å². The molecule has 5 atom stereocenters. The number of fused-ring (bicyclic) bond motifs is 2. The number of ketones is 1. The number of allylic oxidation sites excluding steroid dienone is 1. The summed E-state index contributed by atoms with van der Waals surface area (Å²) in [5.74, 6) is -0.731. The molecule has 0 heterocycles. The Morgan fingerprint density at radius 1 is 1.45 bits per heavy atom. The number of hydrogen-bond acceptors (Lipinski definition) is 4. The molecule has 0 aliphatic heterocycles. The molecule has 0 aromatic carbocycles. The number of ether oxygens (including phenoxy) is 1. The van der Waals surface area contributed by atoms with Crippen LogP contribution in [0, 0.1) is 23.2 Å². The Morgan fingerprint density at radius 3 is 2.80 bits per heavy atom. The molecule has 20 heavy (non-hydrogen) atoms. The van der Waals surface area contributed by atoms with Crippen LogP contribution in [-0.4, -0.2) is 29.6 Å². The van der Waals surface area contributed by atoms with Gasteiger partial charge in [-0.15, -0.1) is 0 Å². The van der Waals surface area contributed by atoms with Gasteiger partial charge in [0.15, 0.2) is 5.78 Å². The molecule has 0 unspecified atom stereocenters. The fraction of sp³-hybridized carbons (Fsp3) is 0.750. The molecule has 0 amide bonds. The molecule has 1 N–H and O–H groups in total. The first-order chi connectivity index (χ1) is 9.35. The van der Waals surface area contributed by atoms with E-state index >= 15 is 0 Å². The minimum atomic E-state index is -1.57. The first kappa shape index (κ1) is 13.8. The van der Waals surface area contributed by atoms with E-state index in [1.54, 1.807) is 6.08 Å². The van der Waals surface area contributed by atoms with Gasteiger partial charge in [-0.1, -0.05) is 12.5 Å². The van der Waals surface area contributed by atoms with Gasteiger partial charge < -0.3 is 9.84 Å². The van der Waals surface area contributed by atoms with Gasteiger partial charge in [0.25, 0.3) is 0 Å². The maximum absolute atomic E-state index is 12.4. The van der Waals surface area contributed by atoms with Crippen LogP contribution in [0.2, 0.25) is 0 Å². The molecule has 2 bridgehead atoms. The van der Waals surface area contributed by atoms with Gasteiger partial charge in [0.05, 0.1) is 13.0 Å². The molecular formula is C16H22O4. The smallest absolute Gasteiger partial charge is 0.312 e. The van der Waals surface area contributed by atoms with Crippen molar-refractivity contribution >= 4 is 11.8 Å². The van der Waals surface area contributed by atoms with E-state index in [0.717, 1.165) is 18.4 Å². The summed E-state index contributed by atoms with van der Waals surface area (Å²) >= 11 is 0. The molecule has 0 aromatic heterocycles. The lowest BCUT2D eigenvalue weighted by molar-refractivity contribution is -0.172. The lowest BCUT2D eigenvalue weighted by Crippen LogP contribution is -2.55. The van der Waals surface area contributed by atoms with Crippen LogP contribution < -0.4 is 0 Å². The maximum Gasteiger partial charge on any atom is 0.312 e. The molecule has 4 aliphatic rings. The van der Waals surface area contributed by atoms with Crippen LogP contribution in [0.5, 0.6) is 0 Å². The average molecular weight is 278 g/mol. The molecule has 1 spiro atoms. The largest absolute Gasteiger partial charge is 0.469 e. The minimum absolute atomic E-state index is 0.101. The Bertz CT molecular complexity index is 509. The molecule has 4 heteroatoms. The van der Waals surface area contributed by atoms with Gasteiger partial charge >= 0.3 is 5.97 Å². The summed E-state index contributed by atoms with van der Waals surface area (Å²) in [5.41, 5.74) is -0.631. The molecular weight excluding hydrogens is 256 g/mol. The zero-order valence-electron chi connectivity index (χ0n) is 12.3. The molecule has 2 fully saturated rings. The van der Waals surface area contributed by atoms with Gasteiger partial charge in [0.2, 0.25) is 0 Å². The second kappa shape index (κ2) is 4.17. The third-order valence-corrected chi connectivity index (χ3v) is 6.16. The molecule has 2 saturated carbocycles. The van der Waals surface area contributed by atoms with Crippen LogP contribution in [-0.2, 0) is 14.3 Å². The van der Waals surface area contributed by atoms with Crippen LogP contribution in [0.3, 0.4) is 0 Å². The molecule has 0 aromatic rings. The molecule has 4 aliphatic carbocycles. The van der Waals surface area contributed by atoms with Gasteiger partial charge in [-0.2, -0.15) is 0 Å². The summed E-state index contributed by atoms with van der Waals surface area (Å²) in [6, 6.07) is 0. The lowest BCUT2D eigenvalue weighted by Gasteiger charge is -2.48. The topological polar surface area (TPSA) is 63.6 Å². The SMILES string of the molecule is COC(=O)[C@H]1C[C@]23CC[C@H](C)[C@@H]2C[C@@]1(O)C(=O)C=C3C. The van der Waals surface area contributed by atoms with Crippen LogP contribution in [0.15, 0.2) is 11.6 Å². The van der Waals surface area contributed by atoms with Crippen molar-refractivity contribution < 1.29 is 19.4 Å². The second-order valence-corrected chi connectivity index (χ2v) is 6.88. The predicted octanol–water partition coefficient (Wildman–Crippen LogP) is 1.86. The van der Waals surface area contributed by atoms with Gasteiger partial charge in [-0.25, -0.2) is 0 Å². The average Bonchev–Trinajstić information content (AvgIpc) is 2.67. The summed E-state index contributed by atoms with van der Waals surface area (Å²) < 4.78 is 4.84. The zero-order chi connectivity index (χ0) is 14.7. The highest BCUT2D eigenvalue weighted by Crippen LogP contribution is 2.63. The summed E-state index contributed by atoms with van der Waals surface area (Å²) in [6.45, 7) is 4.17. The lowest BCUT2D eigenvalue weighted by atomic mass is 9.57. The quantitative estimate of drug-likeness (QED) is 0.744. The number of carbonyl (C=O) groups is 2. The molecule has 4 rings (SSSR count). The Balaban J connectivity index is 2.14. The summed E-state index contributed by atoms with van der Waals surface area (Å²) in [4.78, 5) is 24.5. The van der Waals surface area contributed by atoms with Crippen molar-refractivity contribution in [3.63, 3.8) is 0 Å². The zero-order valence-corrected chi connectivity index (χ0v) is 12.3. The Morgan fingerprint density at radius 2 is 2.15 bits per heavy atom. The van der Waals surface area contributed by atoms with Crippen LogP contribution in [0.1, 0.15) is 39.5 Å². The molecule has 110 valence electrons. The van der Waals surface area contributed by atoms with E-state index < -0.39 is 17.5 Å². The molecule has 0 radical (unpaired) electrons. The third-order valence-electron chi connectivity index (χ3n) is 6.16. The highest BCUT2D eigenvalue weighted by molar-refractivity contribution is 6.01. The minimum Gasteiger partial charge on any atom is -0.469 e. The van der Waals surface area contributed by atoms with E-state index in [1.165, 1.54) is 7.11 Å². The van der Waals surface area contributed by atoms with Crippen molar-refractivity contribution in [1.82, 2.24) is 0 Å². The van der Waals surface area contributed by atoms with Gasteiger partial charge in [0, 0.05) is 0 Å². The predicted molar refractivity (Wildman–Crippen MR) is 72.8 cm³/mol. The number of methoxy groups -OCH3 is 1. The van der Waals surface area contributed by atoms with Crippen molar-refractivity contribution in [2.75, 3.05) is 7.11 Å². The van der Waals surface area contributed by atoms with Crippen molar-refractivity contribution in [3.8, 4) is 0 Å². The molecule has 4 nitrogen and oxygen atoms in total. The second-order valence-electron chi connectivity index (χ2n) is 6.88. The van der Waals surface area contributed by atoms with Crippen LogP contribution in [0.4, 0.5) is 0 Å². The van der Waals surface area contributed by atoms with Gasteiger partial charge in [-0.3, -0.25) is 9.59 Å². The third kappa shape index (κ3) is 1.51. The summed E-state index contributed by atoms with van der Waals surface area (Å²) in [6.07, 6.45) is 4.60. The molecule has 0 saturated heterocycles. The van der Waals surface area contributed by atoms with Crippen LogP contribution in [0.25, 0.3) is 0 Å². The number of aliphatic hydroxyl groups is 1. The van der Waals surface area contributed by atoms with Crippen molar-refractivity contribution in [2.45, 2.75) is 45.1 Å². The van der Waals surface area contributed by atoms with Gasteiger partial charge in [0.1, 0.15) is 5.60 Å². The Hall–Kier alpha value is -1.16.